The molecular formula is C18H26N4O8. The average molecular weight is 426 g/mol. The first-order chi connectivity index (χ1) is 14.8. The van der Waals surface area contributed by atoms with Crippen molar-refractivity contribution in [3.63, 3.8) is 0 Å². The van der Waals surface area contributed by atoms with Crippen LogP contribution in [0.1, 0.15) is 0 Å². The molecule has 2 rings (SSSR count). The van der Waals surface area contributed by atoms with Crippen LogP contribution in [0, 0.1) is 0 Å². The van der Waals surface area contributed by atoms with Crippen LogP contribution in [0.5, 0.6) is 0 Å². The van der Waals surface area contributed by atoms with Gasteiger partial charge in [-0.1, -0.05) is 0 Å². The van der Waals surface area contributed by atoms with Crippen LogP contribution in [0.2, 0.25) is 0 Å². The molecular weight excluding hydrogens is 400 g/mol. The van der Waals surface area contributed by atoms with Crippen LogP contribution in [0.4, 0.5) is 9.59 Å². The molecule has 166 valence electrons. The van der Waals surface area contributed by atoms with Crippen LogP contribution in [-0.2, 0) is 28.4 Å². The summed E-state index contributed by atoms with van der Waals surface area (Å²) in [7, 11) is 0. The van der Waals surface area contributed by atoms with Crippen molar-refractivity contribution in [2.45, 2.75) is 0 Å². The van der Waals surface area contributed by atoms with E-state index < -0.39 is 12.2 Å². The normalized spacial score (nSPS) is 10.8. The quantitative estimate of drug-likeness (QED) is 0.378. The molecule has 0 bridgehead atoms. The fraction of sp³-hybridized carbons (Fsp3) is 0.556. The molecule has 12 heteroatoms. The first-order valence-corrected chi connectivity index (χ1v) is 9.38. The van der Waals surface area contributed by atoms with Gasteiger partial charge in [0.05, 0.1) is 52.9 Å². The topological polar surface area (TPSA) is 125 Å². The molecule has 0 atom stereocenters. The number of carbonyl (C=O) groups is 2. The van der Waals surface area contributed by atoms with E-state index in [-0.39, 0.29) is 26.4 Å². The Bertz CT molecular complexity index is 633. The van der Waals surface area contributed by atoms with Gasteiger partial charge in [-0.15, -0.1) is 0 Å². The lowest BCUT2D eigenvalue weighted by Gasteiger charge is -2.08. The van der Waals surface area contributed by atoms with Gasteiger partial charge in [-0.25, -0.2) is 28.7 Å². The molecule has 0 N–H and O–H groups in total. The van der Waals surface area contributed by atoms with Gasteiger partial charge in [0.2, 0.25) is 0 Å². The number of ether oxygens (including phenoxy) is 6. The van der Waals surface area contributed by atoms with E-state index in [0.717, 1.165) is 0 Å². The molecule has 0 saturated heterocycles. The zero-order chi connectivity index (χ0) is 21.3. The van der Waals surface area contributed by atoms with Crippen molar-refractivity contribution in [1.29, 1.82) is 0 Å². The third-order valence-electron chi connectivity index (χ3n) is 3.45. The van der Waals surface area contributed by atoms with Crippen molar-refractivity contribution in [3.05, 3.63) is 37.4 Å². The van der Waals surface area contributed by atoms with Gasteiger partial charge in [0.15, 0.2) is 0 Å². The number of hydrogen-bond donors (Lipinski definition) is 0. The Kier molecular flexibility index (Phi) is 11.8. The number of rotatable bonds is 15. The third kappa shape index (κ3) is 10.1. The summed E-state index contributed by atoms with van der Waals surface area (Å²) in [6, 6.07) is 0. The van der Waals surface area contributed by atoms with E-state index in [4.69, 9.17) is 28.4 Å². The van der Waals surface area contributed by atoms with Gasteiger partial charge in [0.1, 0.15) is 25.9 Å². The lowest BCUT2D eigenvalue weighted by molar-refractivity contribution is -0.0101. The van der Waals surface area contributed by atoms with Gasteiger partial charge in [-0.3, -0.25) is 0 Å². The second-order valence-electron chi connectivity index (χ2n) is 5.62. The van der Waals surface area contributed by atoms with Crippen molar-refractivity contribution in [2.75, 3.05) is 66.1 Å². The summed E-state index contributed by atoms with van der Waals surface area (Å²) >= 11 is 0. The van der Waals surface area contributed by atoms with Crippen LogP contribution < -0.4 is 0 Å². The Morgan fingerprint density at radius 2 is 0.900 bits per heavy atom. The zero-order valence-electron chi connectivity index (χ0n) is 16.6. The first-order valence-electron chi connectivity index (χ1n) is 9.38. The molecule has 2 aromatic rings. The largest absolute Gasteiger partial charge is 0.446 e. The van der Waals surface area contributed by atoms with Crippen LogP contribution in [0.25, 0.3) is 0 Å². The summed E-state index contributed by atoms with van der Waals surface area (Å²) in [6.45, 7) is 3.36. The zero-order valence-corrected chi connectivity index (χ0v) is 16.6. The van der Waals surface area contributed by atoms with Gasteiger partial charge < -0.3 is 28.4 Å². The Morgan fingerprint density at radius 3 is 1.20 bits per heavy atom. The van der Waals surface area contributed by atoms with Gasteiger partial charge in [-0.2, -0.15) is 0 Å². The minimum Gasteiger partial charge on any atom is -0.446 e. The fourth-order valence-electron chi connectivity index (χ4n) is 2.02. The molecule has 0 aromatic carbocycles. The van der Waals surface area contributed by atoms with Crippen molar-refractivity contribution in [3.8, 4) is 0 Å². The summed E-state index contributed by atoms with van der Waals surface area (Å²) < 4.78 is 33.7. The highest BCUT2D eigenvalue weighted by molar-refractivity contribution is 5.70. The predicted molar refractivity (Wildman–Crippen MR) is 101 cm³/mol. The lowest BCUT2D eigenvalue weighted by Crippen LogP contribution is -2.17. The Balaban J connectivity index is 1.26. The minimum absolute atomic E-state index is 0.156. The number of carbonyl (C=O) groups excluding carboxylic acids is 2. The van der Waals surface area contributed by atoms with Gasteiger partial charge in [0.25, 0.3) is 0 Å². The molecule has 0 aliphatic carbocycles. The summed E-state index contributed by atoms with van der Waals surface area (Å²) in [6.07, 6.45) is 7.75. The van der Waals surface area contributed by atoms with E-state index in [1.54, 1.807) is 0 Å². The van der Waals surface area contributed by atoms with Crippen molar-refractivity contribution < 1.29 is 38.0 Å². The van der Waals surface area contributed by atoms with Crippen LogP contribution in [0.3, 0.4) is 0 Å². The van der Waals surface area contributed by atoms with Crippen LogP contribution >= 0.6 is 0 Å². The molecule has 0 unspecified atom stereocenters. The molecule has 0 aliphatic rings. The SMILES string of the molecule is O=C(OCCOCCOCCOCCOCCOC(=O)n1ccnc1)n1ccnc1. The molecule has 0 saturated carbocycles. The number of nitrogens with zero attached hydrogens (tertiary/aromatic N) is 4. The number of hydrogen-bond acceptors (Lipinski definition) is 10. The monoisotopic (exact) mass is 426 g/mol. The summed E-state index contributed by atoms with van der Waals surface area (Å²) in [5.74, 6) is 0. The van der Waals surface area contributed by atoms with E-state index in [1.807, 2.05) is 0 Å². The van der Waals surface area contributed by atoms with Crippen LogP contribution in [0.15, 0.2) is 37.4 Å². The minimum atomic E-state index is -0.496. The summed E-state index contributed by atoms with van der Waals surface area (Å²) in [5, 5.41) is 0. The molecule has 0 radical (unpaired) electrons. The van der Waals surface area contributed by atoms with E-state index in [2.05, 4.69) is 9.97 Å². The van der Waals surface area contributed by atoms with Crippen molar-refractivity contribution in [1.82, 2.24) is 19.1 Å². The van der Waals surface area contributed by atoms with Crippen molar-refractivity contribution in [2.24, 2.45) is 0 Å². The maximum atomic E-state index is 11.5. The Labute approximate surface area is 173 Å². The molecule has 0 aliphatic heterocycles. The smallest absolute Gasteiger partial charge is 0.419 e. The molecule has 12 nitrogen and oxygen atoms in total. The summed E-state index contributed by atoms with van der Waals surface area (Å²) in [4.78, 5) is 30.5. The Morgan fingerprint density at radius 1 is 0.567 bits per heavy atom. The van der Waals surface area contributed by atoms with Gasteiger partial charge in [0, 0.05) is 24.8 Å². The van der Waals surface area contributed by atoms with Gasteiger partial charge in [-0.05, 0) is 0 Å². The summed E-state index contributed by atoms with van der Waals surface area (Å²) in [5.41, 5.74) is 0. The number of aromatic nitrogens is 4. The van der Waals surface area contributed by atoms with E-state index in [9.17, 15) is 9.59 Å². The maximum Gasteiger partial charge on any atom is 0.419 e. The van der Waals surface area contributed by atoms with E-state index >= 15 is 0 Å². The Hall–Kier alpha value is -2.80. The highest BCUT2D eigenvalue weighted by atomic mass is 16.6. The highest BCUT2D eigenvalue weighted by Crippen LogP contribution is 1.91. The number of imidazole rings is 2. The van der Waals surface area contributed by atoms with Gasteiger partial charge >= 0.3 is 12.2 Å². The molecule has 30 heavy (non-hydrogen) atoms. The second-order valence-corrected chi connectivity index (χ2v) is 5.62. The molecule has 2 aromatic heterocycles. The highest BCUT2D eigenvalue weighted by Gasteiger charge is 2.04. The van der Waals surface area contributed by atoms with Crippen molar-refractivity contribution >= 4 is 12.2 Å². The molecule has 0 spiro atoms. The second kappa shape index (κ2) is 15.1. The maximum absolute atomic E-state index is 11.5. The van der Waals surface area contributed by atoms with E-state index in [0.29, 0.717) is 39.6 Å². The molecule has 0 fully saturated rings. The molecule has 2 heterocycles. The van der Waals surface area contributed by atoms with Crippen LogP contribution in [-0.4, -0.2) is 97.4 Å². The third-order valence-corrected chi connectivity index (χ3v) is 3.45. The van der Waals surface area contributed by atoms with E-state index in [1.165, 1.54) is 46.6 Å². The average Bonchev–Trinajstić information content (AvgIpc) is 3.47. The molecule has 0 amide bonds. The predicted octanol–water partition coefficient (Wildman–Crippen LogP) is 0.816. The fourth-order valence-corrected chi connectivity index (χ4v) is 2.02. The first kappa shape index (κ1) is 23.5. The lowest BCUT2D eigenvalue weighted by atomic mass is 10.7. The standard InChI is InChI=1S/C18H26N4O8/c23-17(21-3-1-19-15-21)29-13-11-27-9-7-25-5-6-26-8-10-28-12-14-30-18(24)22-4-2-20-16-22/h1-4,15-16H,5-14H2.